The predicted molar refractivity (Wildman–Crippen MR) is 73.1 cm³/mol. The molecule has 1 amide bonds. The summed E-state index contributed by atoms with van der Waals surface area (Å²) in [5.41, 5.74) is 2.13. The molecule has 1 aromatic rings. The largest absolute Gasteiger partial charge is 0.374 e. The molecule has 0 bridgehead atoms. The molecule has 1 fully saturated rings. The van der Waals surface area contributed by atoms with Crippen LogP contribution in [0.5, 0.6) is 0 Å². The van der Waals surface area contributed by atoms with Crippen LogP contribution in [0.25, 0.3) is 0 Å². The summed E-state index contributed by atoms with van der Waals surface area (Å²) in [7, 11) is 0. The van der Waals surface area contributed by atoms with Crippen molar-refractivity contribution in [2.24, 2.45) is 0 Å². The van der Waals surface area contributed by atoms with Gasteiger partial charge in [0, 0.05) is 16.2 Å². The normalized spacial score (nSPS) is 16.4. The Morgan fingerprint density at radius 3 is 2.71 bits per heavy atom. The first-order valence-electron chi connectivity index (χ1n) is 5.89. The van der Waals surface area contributed by atoms with Gasteiger partial charge in [-0.1, -0.05) is 15.9 Å². The second kappa shape index (κ2) is 5.08. The molecule has 4 heteroatoms. The lowest BCUT2D eigenvalue weighted by molar-refractivity contribution is -0.121. The summed E-state index contributed by atoms with van der Waals surface area (Å²) in [6.07, 6.45) is 2.24. The van der Waals surface area contributed by atoms with Gasteiger partial charge in [-0.25, -0.2) is 0 Å². The zero-order valence-electron chi connectivity index (χ0n) is 10.1. The van der Waals surface area contributed by atoms with E-state index in [9.17, 15) is 4.79 Å². The Morgan fingerprint density at radius 2 is 2.12 bits per heavy atom. The third-order valence-corrected chi connectivity index (χ3v) is 3.20. The van der Waals surface area contributed by atoms with Crippen molar-refractivity contribution in [1.29, 1.82) is 0 Å². The quantitative estimate of drug-likeness (QED) is 0.897. The van der Waals surface area contributed by atoms with Crippen molar-refractivity contribution in [1.82, 2.24) is 5.32 Å². The summed E-state index contributed by atoms with van der Waals surface area (Å²) in [6.45, 7) is 3.92. The van der Waals surface area contributed by atoms with E-state index in [4.69, 9.17) is 0 Å². The highest BCUT2D eigenvalue weighted by atomic mass is 79.9. The zero-order valence-corrected chi connectivity index (χ0v) is 11.7. The van der Waals surface area contributed by atoms with Crippen molar-refractivity contribution < 1.29 is 4.79 Å². The van der Waals surface area contributed by atoms with Crippen molar-refractivity contribution >= 4 is 27.5 Å². The lowest BCUT2D eigenvalue weighted by Crippen LogP contribution is -2.38. The standard InChI is InChI=1S/C13H17BrN2O/c1-8-5-10(14)7-12(6-8)15-9(2)13(17)16-11-3-4-11/h5-7,9,11,15H,3-4H2,1-2H3,(H,16,17). The van der Waals surface area contributed by atoms with Crippen molar-refractivity contribution in [3.8, 4) is 0 Å². The fraction of sp³-hybridized carbons (Fsp3) is 0.462. The topological polar surface area (TPSA) is 41.1 Å². The van der Waals surface area contributed by atoms with E-state index >= 15 is 0 Å². The van der Waals surface area contributed by atoms with E-state index in [1.807, 2.05) is 32.0 Å². The van der Waals surface area contributed by atoms with E-state index in [1.165, 1.54) is 0 Å². The molecule has 2 N–H and O–H groups in total. The van der Waals surface area contributed by atoms with Crippen LogP contribution in [-0.2, 0) is 4.79 Å². The highest BCUT2D eigenvalue weighted by Gasteiger charge is 2.25. The number of hydrogen-bond acceptors (Lipinski definition) is 2. The Morgan fingerprint density at radius 1 is 1.41 bits per heavy atom. The maximum absolute atomic E-state index is 11.8. The van der Waals surface area contributed by atoms with Crippen LogP contribution in [0.2, 0.25) is 0 Å². The minimum absolute atomic E-state index is 0.0742. The minimum Gasteiger partial charge on any atom is -0.374 e. The number of carbonyl (C=O) groups is 1. The molecule has 0 heterocycles. The number of carbonyl (C=O) groups excluding carboxylic acids is 1. The lowest BCUT2D eigenvalue weighted by Gasteiger charge is -2.15. The van der Waals surface area contributed by atoms with Crippen molar-refractivity contribution in [2.45, 2.75) is 38.8 Å². The molecule has 0 radical (unpaired) electrons. The summed E-state index contributed by atoms with van der Waals surface area (Å²) >= 11 is 3.45. The molecule has 1 aliphatic carbocycles. The third-order valence-electron chi connectivity index (χ3n) is 2.74. The number of anilines is 1. The Kier molecular flexibility index (Phi) is 3.72. The van der Waals surface area contributed by atoms with Gasteiger partial charge in [-0.2, -0.15) is 0 Å². The van der Waals surface area contributed by atoms with Crippen LogP contribution in [0.3, 0.4) is 0 Å². The molecule has 0 aromatic heterocycles. The van der Waals surface area contributed by atoms with Gasteiger partial charge in [0.05, 0.1) is 0 Å². The van der Waals surface area contributed by atoms with Gasteiger partial charge in [-0.3, -0.25) is 4.79 Å². The van der Waals surface area contributed by atoms with E-state index in [2.05, 4.69) is 26.6 Å². The van der Waals surface area contributed by atoms with Crippen LogP contribution in [0.1, 0.15) is 25.3 Å². The fourth-order valence-electron chi connectivity index (χ4n) is 1.69. The first-order valence-corrected chi connectivity index (χ1v) is 6.68. The number of nitrogens with one attached hydrogen (secondary N) is 2. The van der Waals surface area contributed by atoms with Crippen LogP contribution in [0, 0.1) is 6.92 Å². The van der Waals surface area contributed by atoms with Crippen molar-refractivity contribution in [2.75, 3.05) is 5.32 Å². The van der Waals surface area contributed by atoms with Crippen LogP contribution in [-0.4, -0.2) is 18.0 Å². The maximum atomic E-state index is 11.8. The van der Waals surface area contributed by atoms with E-state index in [1.54, 1.807) is 0 Å². The second-order valence-corrected chi connectivity index (χ2v) is 5.58. The van der Waals surface area contributed by atoms with Crippen molar-refractivity contribution in [3.05, 3.63) is 28.2 Å². The minimum atomic E-state index is -0.204. The van der Waals surface area contributed by atoms with Gasteiger partial charge in [0.1, 0.15) is 6.04 Å². The Hall–Kier alpha value is -1.03. The molecule has 1 aliphatic rings. The molecule has 1 atom stereocenters. The highest BCUT2D eigenvalue weighted by Crippen LogP contribution is 2.21. The number of halogens is 1. The van der Waals surface area contributed by atoms with Crippen LogP contribution in [0.15, 0.2) is 22.7 Å². The predicted octanol–water partition coefficient (Wildman–Crippen LogP) is 2.84. The Balaban J connectivity index is 1.96. The number of hydrogen-bond donors (Lipinski definition) is 2. The molecule has 17 heavy (non-hydrogen) atoms. The number of amides is 1. The number of rotatable bonds is 4. The fourth-order valence-corrected chi connectivity index (χ4v) is 2.30. The molecule has 2 rings (SSSR count). The molecular weight excluding hydrogens is 280 g/mol. The summed E-state index contributed by atoms with van der Waals surface area (Å²) < 4.78 is 1.02. The maximum Gasteiger partial charge on any atom is 0.242 e. The third kappa shape index (κ3) is 3.73. The van der Waals surface area contributed by atoms with E-state index in [0.717, 1.165) is 28.6 Å². The van der Waals surface area contributed by atoms with Gasteiger partial charge in [-0.05, 0) is 50.5 Å². The molecule has 1 unspecified atom stereocenters. The van der Waals surface area contributed by atoms with Crippen LogP contribution >= 0.6 is 15.9 Å². The summed E-state index contributed by atoms with van der Waals surface area (Å²) in [5.74, 6) is 0.0742. The average molecular weight is 297 g/mol. The van der Waals surface area contributed by atoms with Gasteiger partial charge in [0.25, 0.3) is 0 Å². The first kappa shape index (κ1) is 12.4. The molecule has 92 valence electrons. The monoisotopic (exact) mass is 296 g/mol. The van der Waals surface area contributed by atoms with Crippen molar-refractivity contribution in [3.63, 3.8) is 0 Å². The highest BCUT2D eigenvalue weighted by molar-refractivity contribution is 9.10. The van der Waals surface area contributed by atoms with Gasteiger partial charge in [-0.15, -0.1) is 0 Å². The van der Waals surface area contributed by atoms with E-state index in [0.29, 0.717) is 6.04 Å². The first-order chi connectivity index (χ1) is 8.04. The summed E-state index contributed by atoms with van der Waals surface area (Å²) in [4.78, 5) is 11.8. The van der Waals surface area contributed by atoms with Gasteiger partial charge in [0.15, 0.2) is 0 Å². The molecule has 0 spiro atoms. The summed E-state index contributed by atoms with van der Waals surface area (Å²) in [5, 5.41) is 6.20. The van der Waals surface area contributed by atoms with Crippen LogP contribution in [0.4, 0.5) is 5.69 Å². The van der Waals surface area contributed by atoms with Gasteiger partial charge in [0.2, 0.25) is 5.91 Å². The SMILES string of the molecule is Cc1cc(Br)cc(NC(C)C(=O)NC2CC2)c1. The van der Waals surface area contributed by atoms with E-state index < -0.39 is 0 Å². The zero-order chi connectivity index (χ0) is 12.4. The Labute approximate surface area is 110 Å². The molecule has 3 nitrogen and oxygen atoms in total. The smallest absolute Gasteiger partial charge is 0.242 e. The van der Waals surface area contributed by atoms with Gasteiger partial charge < -0.3 is 10.6 Å². The van der Waals surface area contributed by atoms with Gasteiger partial charge >= 0.3 is 0 Å². The average Bonchev–Trinajstić information content (AvgIpc) is 2.99. The molecule has 1 saturated carbocycles. The second-order valence-electron chi connectivity index (χ2n) is 4.67. The number of aryl methyl sites for hydroxylation is 1. The lowest BCUT2D eigenvalue weighted by atomic mass is 10.2. The summed E-state index contributed by atoms with van der Waals surface area (Å²) in [6, 6.07) is 6.26. The van der Waals surface area contributed by atoms with E-state index in [-0.39, 0.29) is 11.9 Å². The molecular formula is C13H17BrN2O. The number of benzene rings is 1. The van der Waals surface area contributed by atoms with Crippen LogP contribution < -0.4 is 10.6 Å². The molecule has 1 aromatic carbocycles. The Bertz CT molecular complexity index is 409. The molecule has 0 aliphatic heterocycles. The molecule has 0 saturated heterocycles.